The highest BCUT2D eigenvalue weighted by Gasteiger charge is 2.46. The molecule has 0 spiro atoms. The number of rotatable bonds is 9. The number of hydrogen-bond donors (Lipinski definition) is 1. The average Bonchev–Trinajstić information content (AvgIpc) is 3.16. The Kier molecular flexibility index (Phi) is 10.4. The van der Waals surface area contributed by atoms with Crippen molar-refractivity contribution in [3.8, 4) is 11.8 Å². The van der Waals surface area contributed by atoms with Crippen molar-refractivity contribution in [3.05, 3.63) is 43.0 Å². The van der Waals surface area contributed by atoms with E-state index >= 15 is 0 Å². The summed E-state index contributed by atoms with van der Waals surface area (Å²) in [6, 6.07) is 0. The van der Waals surface area contributed by atoms with Crippen LogP contribution in [-0.4, -0.2) is 51.5 Å². The molecule has 1 saturated heterocycles. The van der Waals surface area contributed by atoms with E-state index in [4.69, 9.17) is 19.1 Å². The van der Waals surface area contributed by atoms with E-state index in [1.807, 2.05) is 0 Å². The van der Waals surface area contributed by atoms with Crippen LogP contribution in [0.25, 0.3) is 10.4 Å². The fourth-order valence-corrected chi connectivity index (χ4v) is 5.81. The minimum Gasteiger partial charge on any atom is -0.414 e. The monoisotopic (exact) mass is 563 g/mol. The first-order chi connectivity index (χ1) is 17.4. The molecule has 1 aliphatic rings. The first-order valence-electron chi connectivity index (χ1n) is 13.2. The van der Waals surface area contributed by atoms with Crippen LogP contribution in [-0.2, 0) is 13.6 Å². The van der Waals surface area contributed by atoms with E-state index in [9.17, 15) is 9.59 Å². The molecule has 1 aromatic heterocycles. The lowest BCUT2D eigenvalue weighted by atomic mass is 10.2. The van der Waals surface area contributed by atoms with E-state index in [0.29, 0.717) is 32.4 Å². The fraction of sp³-hybridized carbons (Fsp3) is 0.769. The summed E-state index contributed by atoms with van der Waals surface area (Å²) in [6.45, 7) is 22.7. The van der Waals surface area contributed by atoms with Gasteiger partial charge in [-0.05, 0) is 48.2 Å². The van der Waals surface area contributed by atoms with E-state index in [2.05, 4.69) is 94.6 Å². The van der Waals surface area contributed by atoms with E-state index in [-0.39, 0.29) is 27.8 Å². The number of aromatic nitrogens is 2. The highest BCUT2D eigenvalue weighted by atomic mass is 28.4. The molecular formula is C26H45N5O5Si2. The van der Waals surface area contributed by atoms with Crippen LogP contribution in [0.5, 0.6) is 0 Å². The lowest BCUT2D eigenvalue weighted by Gasteiger charge is -2.40. The third-order valence-electron chi connectivity index (χ3n) is 7.97. The molecule has 38 heavy (non-hydrogen) atoms. The molecule has 0 amide bonds. The summed E-state index contributed by atoms with van der Waals surface area (Å²) in [5, 5.41) is 3.53. The Bertz CT molecular complexity index is 1190. The number of azide groups is 1. The third-order valence-corrected chi connectivity index (χ3v) is 17.0. The summed E-state index contributed by atoms with van der Waals surface area (Å²) < 4.78 is 21.1. The van der Waals surface area contributed by atoms with Crippen LogP contribution in [0.1, 0.15) is 72.6 Å². The standard InChI is InChI=1S/C26H45N5O5Si2/c1-25(2,3)37(7,8)34-18-21-20(36-38(9,10)26(4,5)6)16-22(35-21)31-17-19(23(32)29-24(31)33)14-12-11-13-15-28-30-27/h17,20-22H,11,13,15-16,18H2,1-10H3,(H,29,32,33)/t20-,21+,22+/m0/s1. The van der Waals surface area contributed by atoms with E-state index in [0.717, 1.165) is 0 Å². The van der Waals surface area contributed by atoms with Gasteiger partial charge in [0, 0.05) is 30.5 Å². The van der Waals surface area contributed by atoms with Gasteiger partial charge in [0.2, 0.25) is 0 Å². The van der Waals surface area contributed by atoms with Gasteiger partial charge in [-0.3, -0.25) is 14.3 Å². The van der Waals surface area contributed by atoms with Gasteiger partial charge < -0.3 is 13.6 Å². The number of nitrogens with one attached hydrogen (secondary N) is 1. The van der Waals surface area contributed by atoms with Crippen LogP contribution in [0.4, 0.5) is 0 Å². The zero-order valence-electron chi connectivity index (χ0n) is 24.7. The van der Waals surface area contributed by atoms with Gasteiger partial charge in [-0.25, -0.2) is 4.79 Å². The lowest BCUT2D eigenvalue weighted by molar-refractivity contribution is -0.0412. The smallest absolute Gasteiger partial charge is 0.330 e. The molecule has 12 heteroatoms. The van der Waals surface area contributed by atoms with Crippen LogP contribution in [0.2, 0.25) is 36.3 Å². The summed E-state index contributed by atoms with van der Waals surface area (Å²) >= 11 is 0. The Morgan fingerprint density at radius 1 is 1.16 bits per heavy atom. The van der Waals surface area contributed by atoms with Gasteiger partial charge in [0.15, 0.2) is 16.6 Å². The van der Waals surface area contributed by atoms with Gasteiger partial charge in [-0.15, -0.1) is 0 Å². The molecular weight excluding hydrogens is 518 g/mol. The molecule has 10 nitrogen and oxygen atoms in total. The second-order valence-corrected chi connectivity index (χ2v) is 22.5. The Balaban J connectivity index is 2.34. The second kappa shape index (κ2) is 12.4. The van der Waals surface area contributed by atoms with Crippen molar-refractivity contribution in [2.75, 3.05) is 13.2 Å². The topological polar surface area (TPSA) is 131 Å². The normalized spacial score (nSPS) is 20.5. The van der Waals surface area contributed by atoms with Gasteiger partial charge >= 0.3 is 5.69 Å². The Labute approximate surface area is 228 Å². The maximum absolute atomic E-state index is 12.8. The van der Waals surface area contributed by atoms with Crippen LogP contribution >= 0.6 is 0 Å². The Hall–Kier alpha value is -2.14. The van der Waals surface area contributed by atoms with Gasteiger partial charge in [0.25, 0.3) is 5.56 Å². The van der Waals surface area contributed by atoms with Crippen molar-refractivity contribution in [2.45, 2.75) is 116 Å². The SMILES string of the molecule is CC(C)(C)[Si](C)(C)OC[C@H]1O[C@@H](n2cc(C#CCCCN=[N+]=[N-])c(=O)[nH]c2=O)C[C@@H]1O[Si](C)(C)C(C)(C)C. The number of nitrogens with zero attached hydrogens (tertiary/aromatic N) is 4. The minimum atomic E-state index is -2.14. The average molecular weight is 564 g/mol. The summed E-state index contributed by atoms with van der Waals surface area (Å²) in [6.07, 6.45) is 1.76. The van der Waals surface area contributed by atoms with Crippen molar-refractivity contribution in [3.63, 3.8) is 0 Å². The van der Waals surface area contributed by atoms with Crippen molar-refractivity contribution < 1.29 is 13.6 Å². The largest absolute Gasteiger partial charge is 0.414 e. The highest BCUT2D eigenvalue weighted by molar-refractivity contribution is 6.74. The summed E-state index contributed by atoms with van der Waals surface area (Å²) in [4.78, 5) is 30.3. The van der Waals surface area contributed by atoms with Crippen LogP contribution in [0, 0.1) is 11.8 Å². The molecule has 1 fully saturated rings. The van der Waals surface area contributed by atoms with Crippen molar-refractivity contribution in [2.24, 2.45) is 5.11 Å². The third kappa shape index (κ3) is 8.18. The molecule has 2 heterocycles. The first-order valence-corrected chi connectivity index (χ1v) is 19.0. The molecule has 0 bridgehead atoms. The van der Waals surface area contributed by atoms with E-state index in [1.165, 1.54) is 10.8 Å². The summed E-state index contributed by atoms with van der Waals surface area (Å²) in [7, 11) is -4.18. The number of aromatic amines is 1. The second-order valence-electron chi connectivity index (χ2n) is 12.9. The fourth-order valence-electron chi connectivity index (χ4n) is 3.44. The van der Waals surface area contributed by atoms with Gasteiger partial charge in [-0.1, -0.05) is 58.5 Å². The molecule has 0 aliphatic carbocycles. The first kappa shape index (κ1) is 32.1. The lowest BCUT2D eigenvalue weighted by Crippen LogP contribution is -2.48. The van der Waals surface area contributed by atoms with Gasteiger partial charge in [0.05, 0.1) is 12.7 Å². The number of unbranched alkanes of at least 4 members (excludes halogenated alkanes) is 1. The van der Waals surface area contributed by atoms with Crippen LogP contribution in [0.15, 0.2) is 20.9 Å². The van der Waals surface area contributed by atoms with Gasteiger partial charge in [-0.2, -0.15) is 0 Å². The Morgan fingerprint density at radius 2 is 1.79 bits per heavy atom. The summed E-state index contributed by atoms with van der Waals surface area (Å²) in [5.41, 5.74) is 7.45. The van der Waals surface area contributed by atoms with Crippen LogP contribution < -0.4 is 11.2 Å². The quantitative estimate of drug-likeness (QED) is 0.103. The molecule has 1 N–H and O–H groups in total. The molecule has 1 aromatic rings. The predicted octanol–water partition coefficient (Wildman–Crippen LogP) is 5.68. The predicted molar refractivity (Wildman–Crippen MR) is 155 cm³/mol. The van der Waals surface area contributed by atoms with Crippen molar-refractivity contribution in [1.29, 1.82) is 0 Å². The van der Waals surface area contributed by atoms with Crippen molar-refractivity contribution in [1.82, 2.24) is 9.55 Å². The summed E-state index contributed by atoms with van der Waals surface area (Å²) in [5.74, 6) is 5.75. The zero-order valence-corrected chi connectivity index (χ0v) is 26.7. The zero-order chi connectivity index (χ0) is 28.9. The molecule has 212 valence electrons. The molecule has 0 saturated carbocycles. The Morgan fingerprint density at radius 3 is 2.37 bits per heavy atom. The molecule has 1 aliphatic heterocycles. The molecule has 0 radical (unpaired) electrons. The number of ether oxygens (including phenoxy) is 1. The molecule has 0 unspecified atom stereocenters. The molecule has 3 atom stereocenters. The molecule has 0 aromatic carbocycles. The van der Waals surface area contributed by atoms with E-state index in [1.54, 1.807) is 0 Å². The van der Waals surface area contributed by atoms with E-state index < -0.39 is 34.1 Å². The number of H-pyrrole nitrogens is 1. The number of hydrogen-bond acceptors (Lipinski definition) is 6. The van der Waals surface area contributed by atoms with Gasteiger partial charge in [0.1, 0.15) is 17.9 Å². The minimum absolute atomic E-state index is 0.00601. The molecule has 2 rings (SSSR count). The van der Waals surface area contributed by atoms with Crippen LogP contribution in [0.3, 0.4) is 0 Å². The highest BCUT2D eigenvalue weighted by Crippen LogP contribution is 2.42. The maximum atomic E-state index is 12.8. The maximum Gasteiger partial charge on any atom is 0.330 e. The van der Waals surface area contributed by atoms with Crippen molar-refractivity contribution >= 4 is 16.6 Å².